The van der Waals surface area contributed by atoms with Gasteiger partial charge in [-0.05, 0) is 40.5 Å². The molecule has 1 heterocycles. The molecule has 0 atom stereocenters. The van der Waals surface area contributed by atoms with E-state index in [-0.39, 0.29) is 0 Å². The standard InChI is InChI=1S/C9H9BrN2/c1-5-6-2-3-12-9(6)7(10)4-8(5)11/h2-4,12H,11H2,1H3. The van der Waals surface area contributed by atoms with E-state index in [1.165, 1.54) is 5.39 Å². The van der Waals surface area contributed by atoms with E-state index in [9.17, 15) is 0 Å². The van der Waals surface area contributed by atoms with Gasteiger partial charge < -0.3 is 10.7 Å². The van der Waals surface area contributed by atoms with Crippen molar-refractivity contribution >= 4 is 32.5 Å². The van der Waals surface area contributed by atoms with Crippen LogP contribution in [0.4, 0.5) is 5.69 Å². The highest BCUT2D eigenvalue weighted by molar-refractivity contribution is 9.10. The number of aryl methyl sites for hydroxylation is 1. The van der Waals surface area contributed by atoms with Gasteiger partial charge in [0, 0.05) is 21.7 Å². The number of nitrogen functional groups attached to an aromatic ring is 1. The predicted molar refractivity (Wildman–Crippen MR) is 55.1 cm³/mol. The SMILES string of the molecule is Cc1c(N)cc(Br)c2[nH]ccc12. The van der Waals surface area contributed by atoms with E-state index in [2.05, 4.69) is 20.9 Å². The van der Waals surface area contributed by atoms with Crippen molar-refractivity contribution in [3.63, 3.8) is 0 Å². The topological polar surface area (TPSA) is 41.8 Å². The van der Waals surface area contributed by atoms with Crippen LogP contribution in [0.3, 0.4) is 0 Å². The Morgan fingerprint density at radius 3 is 3.00 bits per heavy atom. The number of anilines is 1. The first-order valence-electron chi connectivity index (χ1n) is 3.72. The highest BCUT2D eigenvalue weighted by Crippen LogP contribution is 2.29. The van der Waals surface area contributed by atoms with E-state index in [1.54, 1.807) is 0 Å². The molecule has 0 unspecified atom stereocenters. The Balaban J connectivity index is 2.97. The van der Waals surface area contributed by atoms with Crippen LogP contribution < -0.4 is 5.73 Å². The molecule has 0 aliphatic carbocycles. The van der Waals surface area contributed by atoms with Gasteiger partial charge in [0.05, 0.1) is 5.52 Å². The number of H-pyrrole nitrogens is 1. The minimum absolute atomic E-state index is 0.828. The molecule has 2 aromatic rings. The molecule has 2 nitrogen and oxygen atoms in total. The minimum Gasteiger partial charge on any atom is -0.398 e. The molecule has 0 saturated carbocycles. The Kier molecular flexibility index (Phi) is 1.61. The van der Waals surface area contributed by atoms with Gasteiger partial charge in [-0.25, -0.2) is 0 Å². The second kappa shape index (κ2) is 2.52. The molecule has 0 amide bonds. The fraction of sp³-hybridized carbons (Fsp3) is 0.111. The average Bonchev–Trinajstić information content (AvgIpc) is 2.48. The number of benzene rings is 1. The zero-order chi connectivity index (χ0) is 8.72. The average molecular weight is 225 g/mol. The van der Waals surface area contributed by atoms with Crippen LogP contribution in [0.2, 0.25) is 0 Å². The summed E-state index contributed by atoms with van der Waals surface area (Å²) in [4.78, 5) is 3.15. The third kappa shape index (κ3) is 0.932. The molecule has 1 aromatic heterocycles. The molecular formula is C9H9BrN2. The zero-order valence-electron chi connectivity index (χ0n) is 6.69. The zero-order valence-corrected chi connectivity index (χ0v) is 8.27. The lowest BCUT2D eigenvalue weighted by Gasteiger charge is -2.02. The van der Waals surface area contributed by atoms with Crippen LogP contribution in [0.1, 0.15) is 5.56 Å². The molecule has 12 heavy (non-hydrogen) atoms. The molecule has 1 aromatic carbocycles. The fourth-order valence-corrected chi connectivity index (χ4v) is 1.93. The summed E-state index contributed by atoms with van der Waals surface area (Å²) >= 11 is 3.45. The monoisotopic (exact) mass is 224 g/mol. The predicted octanol–water partition coefficient (Wildman–Crippen LogP) is 2.82. The van der Waals surface area contributed by atoms with Crippen molar-refractivity contribution in [1.82, 2.24) is 4.98 Å². The van der Waals surface area contributed by atoms with Crippen molar-refractivity contribution in [3.8, 4) is 0 Å². The fourth-order valence-electron chi connectivity index (χ4n) is 1.35. The van der Waals surface area contributed by atoms with E-state index in [0.29, 0.717) is 0 Å². The Morgan fingerprint density at radius 2 is 2.25 bits per heavy atom. The quantitative estimate of drug-likeness (QED) is 0.665. The highest BCUT2D eigenvalue weighted by atomic mass is 79.9. The van der Waals surface area contributed by atoms with Gasteiger partial charge in [0.1, 0.15) is 0 Å². The van der Waals surface area contributed by atoms with E-state index < -0.39 is 0 Å². The number of fused-ring (bicyclic) bond motifs is 1. The molecule has 2 rings (SSSR count). The van der Waals surface area contributed by atoms with E-state index in [1.807, 2.05) is 25.3 Å². The first-order valence-corrected chi connectivity index (χ1v) is 4.51. The number of hydrogen-bond acceptors (Lipinski definition) is 1. The van der Waals surface area contributed by atoms with Crippen LogP contribution in [0.15, 0.2) is 22.8 Å². The van der Waals surface area contributed by atoms with Crippen LogP contribution in [0.5, 0.6) is 0 Å². The Hall–Kier alpha value is -0.960. The Bertz CT molecular complexity index is 431. The number of nitrogens with one attached hydrogen (secondary N) is 1. The molecule has 0 bridgehead atoms. The highest BCUT2D eigenvalue weighted by Gasteiger charge is 2.05. The Morgan fingerprint density at radius 1 is 1.50 bits per heavy atom. The second-order valence-electron chi connectivity index (χ2n) is 2.84. The molecule has 0 saturated heterocycles. The van der Waals surface area contributed by atoms with Gasteiger partial charge in [-0.15, -0.1) is 0 Å². The van der Waals surface area contributed by atoms with Crippen molar-refractivity contribution < 1.29 is 0 Å². The van der Waals surface area contributed by atoms with Crippen LogP contribution in [0.25, 0.3) is 10.9 Å². The number of aromatic nitrogens is 1. The third-order valence-electron chi connectivity index (χ3n) is 2.11. The van der Waals surface area contributed by atoms with Gasteiger partial charge in [0.25, 0.3) is 0 Å². The van der Waals surface area contributed by atoms with E-state index in [4.69, 9.17) is 5.73 Å². The molecule has 0 radical (unpaired) electrons. The van der Waals surface area contributed by atoms with Crippen LogP contribution in [-0.2, 0) is 0 Å². The number of aromatic amines is 1. The first-order chi connectivity index (χ1) is 5.70. The maximum absolute atomic E-state index is 5.80. The van der Waals surface area contributed by atoms with Crippen molar-refractivity contribution in [2.75, 3.05) is 5.73 Å². The van der Waals surface area contributed by atoms with Gasteiger partial charge in [-0.1, -0.05) is 0 Å². The summed E-state index contributed by atoms with van der Waals surface area (Å²) < 4.78 is 1.02. The minimum atomic E-state index is 0.828. The smallest absolute Gasteiger partial charge is 0.0602 e. The second-order valence-corrected chi connectivity index (χ2v) is 3.69. The molecule has 0 aliphatic rings. The molecule has 3 heteroatoms. The van der Waals surface area contributed by atoms with E-state index in [0.717, 1.165) is 21.2 Å². The summed E-state index contributed by atoms with van der Waals surface area (Å²) in [6, 6.07) is 3.96. The largest absolute Gasteiger partial charge is 0.398 e. The van der Waals surface area contributed by atoms with Gasteiger partial charge >= 0.3 is 0 Å². The molecule has 0 aliphatic heterocycles. The molecular weight excluding hydrogens is 216 g/mol. The number of rotatable bonds is 0. The number of hydrogen-bond donors (Lipinski definition) is 2. The van der Waals surface area contributed by atoms with E-state index >= 15 is 0 Å². The maximum atomic E-state index is 5.80. The van der Waals surface area contributed by atoms with Crippen LogP contribution >= 0.6 is 15.9 Å². The molecule has 3 N–H and O–H groups in total. The van der Waals surface area contributed by atoms with Crippen molar-refractivity contribution in [1.29, 1.82) is 0 Å². The summed E-state index contributed by atoms with van der Waals surface area (Å²) in [5.74, 6) is 0. The summed E-state index contributed by atoms with van der Waals surface area (Å²) in [5.41, 5.74) is 8.88. The van der Waals surface area contributed by atoms with Gasteiger partial charge in [-0.2, -0.15) is 0 Å². The summed E-state index contributed by atoms with van der Waals surface area (Å²) in [6.07, 6.45) is 1.92. The van der Waals surface area contributed by atoms with Crippen LogP contribution in [0, 0.1) is 6.92 Å². The molecule has 0 fully saturated rings. The number of nitrogens with two attached hydrogens (primary N) is 1. The summed E-state index contributed by atoms with van der Waals surface area (Å²) in [6.45, 7) is 2.03. The van der Waals surface area contributed by atoms with Crippen LogP contribution in [-0.4, -0.2) is 4.98 Å². The normalized spacial score (nSPS) is 10.8. The van der Waals surface area contributed by atoms with Gasteiger partial charge in [0.2, 0.25) is 0 Å². The van der Waals surface area contributed by atoms with Gasteiger partial charge in [-0.3, -0.25) is 0 Å². The molecule has 0 spiro atoms. The first kappa shape index (κ1) is 7.68. The lowest BCUT2D eigenvalue weighted by atomic mass is 10.1. The van der Waals surface area contributed by atoms with Crippen molar-refractivity contribution in [2.45, 2.75) is 6.92 Å². The third-order valence-corrected chi connectivity index (χ3v) is 2.73. The van der Waals surface area contributed by atoms with Crippen molar-refractivity contribution in [3.05, 3.63) is 28.4 Å². The lowest BCUT2D eigenvalue weighted by molar-refractivity contribution is 1.45. The van der Waals surface area contributed by atoms with Crippen molar-refractivity contribution in [2.24, 2.45) is 0 Å². The molecule has 62 valence electrons. The Labute approximate surface area is 78.9 Å². The summed E-state index contributed by atoms with van der Waals surface area (Å²) in [7, 11) is 0. The lowest BCUT2D eigenvalue weighted by Crippen LogP contribution is -1.89. The van der Waals surface area contributed by atoms with Gasteiger partial charge in [0.15, 0.2) is 0 Å². The maximum Gasteiger partial charge on any atom is 0.0602 e. The summed E-state index contributed by atoms with van der Waals surface area (Å²) in [5, 5.41) is 1.18. The number of halogens is 1.